The lowest BCUT2D eigenvalue weighted by Gasteiger charge is -2.08. The molecule has 0 saturated carbocycles. The summed E-state index contributed by atoms with van der Waals surface area (Å²) in [5, 5.41) is 10.7. The molecule has 1 nitrogen and oxygen atoms in total. The van der Waals surface area contributed by atoms with Gasteiger partial charge in [-0.1, -0.05) is 41.1 Å². The van der Waals surface area contributed by atoms with Crippen molar-refractivity contribution in [2.45, 2.75) is 13.3 Å². The molecule has 0 unspecified atom stereocenters. The zero-order chi connectivity index (χ0) is 11.0. The third kappa shape index (κ3) is 1.61. The Kier molecular flexibility index (Phi) is 2.65. The van der Waals surface area contributed by atoms with Crippen LogP contribution in [0.25, 0.3) is 10.8 Å². The summed E-state index contributed by atoms with van der Waals surface area (Å²) in [7, 11) is 0. The number of halogens is 2. The maximum atomic E-state index is 13.6. The molecule has 0 fully saturated rings. The van der Waals surface area contributed by atoms with Crippen molar-refractivity contribution in [1.29, 1.82) is 0 Å². The van der Waals surface area contributed by atoms with Gasteiger partial charge in [-0.2, -0.15) is 0 Å². The summed E-state index contributed by atoms with van der Waals surface area (Å²) >= 11 is 3.35. The van der Waals surface area contributed by atoms with Crippen LogP contribution in [-0.2, 0) is 6.42 Å². The van der Waals surface area contributed by atoms with Gasteiger partial charge in [0.25, 0.3) is 0 Å². The van der Waals surface area contributed by atoms with Crippen molar-refractivity contribution in [3.8, 4) is 5.75 Å². The smallest absolute Gasteiger partial charge is 0.172 e. The second-order valence-corrected chi connectivity index (χ2v) is 4.24. The molecule has 3 heteroatoms. The van der Waals surface area contributed by atoms with Crippen LogP contribution in [0.2, 0.25) is 0 Å². The molecular weight excluding hydrogens is 259 g/mol. The van der Waals surface area contributed by atoms with Crippen LogP contribution in [0.4, 0.5) is 4.39 Å². The topological polar surface area (TPSA) is 20.2 Å². The van der Waals surface area contributed by atoms with Gasteiger partial charge in [-0.3, -0.25) is 0 Å². The molecule has 0 saturated heterocycles. The summed E-state index contributed by atoms with van der Waals surface area (Å²) in [6, 6.07) is 6.84. The van der Waals surface area contributed by atoms with Crippen molar-refractivity contribution in [3.05, 3.63) is 40.1 Å². The lowest BCUT2D eigenvalue weighted by atomic mass is 10.0. The Morgan fingerprint density at radius 3 is 2.80 bits per heavy atom. The monoisotopic (exact) mass is 268 g/mol. The molecule has 0 amide bonds. The minimum absolute atomic E-state index is 0.317. The first-order valence-electron chi connectivity index (χ1n) is 4.73. The Balaban J connectivity index is 2.95. The van der Waals surface area contributed by atoms with Crippen molar-refractivity contribution in [3.63, 3.8) is 0 Å². The van der Waals surface area contributed by atoms with Gasteiger partial charge in [-0.05, 0) is 18.1 Å². The maximum Gasteiger partial charge on any atom is 0.172 e. The molecule has 0 radical (unpaired) electrons. The fourth-order valence-corrected chi connectivity index (χ4v) is 2.44. The van der Waals surface area contributed by atoms with Crippen LogP contribution in [0.1, 0.15) is 12.5 Å². The minimum atomic E-state index is -0.552. The Morgan fingerprint density at radius 1 is 1.40 bits per heavy atom. The van der Waals surface area contributed by atoms with Gasteiger partial charge in [-0.25, -0.2) is 4.39 Å². The van der Waals surface area contributed by atoms with Crippen molar-refractivity contribution in [2.24, 2.45) is 0 Å². The summed E-state index contributed by atoms with van der Waals surface area (Å²) < 4.78 is 14.4. The first-order valence-corrected chi connectivity index (χ1v) is 5.53. The van der Waals surface area contributed by atoms with Gasteiger partial charge in [0.05, 0.1) is 0 Å². The molecule has 2 rings (SSSR count). The molecule has 0 atom stereocenters. The van der Waals surface area contributed by atoms with Crippen LogP contribution < -0.4 is 0 Å². The summed E-state index contributed by atoms with van der Waals surface area (Å²) in [6.45, 7) is 2.02. The third-order valence-corrected chi connectivity index (χ3v) is 3.12. The second-order valence-electron chi connectivity index (χ2n) is 3.38. The van der Waals surface area contributed by atoms with E-state index in [9.17, 15) is 9.50 Å². The fourth-order valence-electron chi connectivity index (χ4n) is 1.75. The molecule has 2 aromatic rings. The molecular formula is C12H10BrFO. The van der Waals surface area contributed by atoms with Crippen LogP contribution in [0.5, 0.6) is 5.75 Å². The van der Waals surface area contributed by atoms with Crippen molar-refractivity contribution < 1.29 is 9.50 Å². The molecule has 1 N–H and O–H groups in total. The van der Waals surface area contributed by atoms with E-state index in [1.807, 2.05) is 13.0 Å². The highest BCUT2D eigenvalue weighted by molar-refractivity contribution is 9.10. The van der Waals surface area contributed by atoms with Gasteiger partial charge in [0.2, 0.25) is 0 Å². The predicted molar refractivity (Wildman–Crippen MR) is 62.6 cm³/mol. The van der Waals surface area contributed by atoms with Crippen molar-refractivity contribution >= 4 is 26.7 Å². The van der Waals surface area contributed by atoms with E-state index in [0.29, 0.717) is 5.39 Å². The summed E-state index contributed by atoms with van der Waals surface area (Å²) in [5.41, 5.74) is 1.07. The van der Waals surface area contributed by atoms with Crippen molar-refractivity contribution in [2.75, 3.05) is 0 Å². The van der Waals surface area contributed by atoms with Crippen LogP contribution in [0.3, 0.4) is 0 Å². The second kappa shape index (κ2) is 3.81. The fraction of sp³-hybridized carbons (Fsp3) is 0.167. The third-order valence-electron chi connectivity index (χ3n) is 2.50. The average Bonchev–Trinajstić information content (AvgIpc) is 2.25. The number of fused-ring (bicyclic) bond motifs is 1. The van der Waals surface area contributed by atoms with Crippen LogP contribution >= 0.6 is 15.9 Å². The quantitative estimate of drug-likeness (QED) is 0.829. The van der Waals surface area contributed by atoms with Crippen molar-refractivity contribution in [1.82, 2.24) is 0 Å². The number of phenols is 1. The normalized spacial score (nSPS) is 10.9. The van der Waals surface area contributed by atoms with E-state index in [-0.39, 0.29) is 5.75 Å². The molecule has 2 aromatic carbocycles. The Morgan fingerprint density at radius 2 is 2.13 bits per heavy atom. The molecule has 78 valence electrons. The Bertz CT molecular complexity index is 523. The number of rotatable bonds is 1. The van der Waals surface area contributed by atoms with Gasteiger partial charge in [-0.15, -0.1) is 0 Å². The standard InChI is InChI=1S/C12H10BrFO/c1-2-7-4-3-5-8-11(7)9(13)6-10(15)12(8)14/h3-6,15H,2H2,1H3. The largest absolute Gasteiger partial charge is 0.505 e. The average molecular weight is 269 g/mol. The lowest BCUT2D eigenvalue weighted by molar-refractivity contribution is 0.436. The number of benzene rings is 2. The minimum Gasteiger partial charge on any atom is -0.505 e. The van der Waals surface area contributed by atoms with Crippen LogP contribution in [0.15, 0.2) is 28.7 Å². The predicted octanol–water partition coefficient (Wildman–Crippen LogP) is 4.01. The molecule has 0 aromatic heterocycles. The van der Waals surface area contributed by atoms with E-state index in [0.717, 1.165) is 21.8 Å². The van der Waals surface area contributed by atoms with Crippen LogP contribution in [0, 0.1) is 5.82 Å². The van der Waals surface area contributed by atoms with E-state index >= 15 is 0 Å². The van der Waals surface area contributed by atoms with Gasteiger partial charge < -0.3 is 5.11 Å². The zero-order valence-electron chi connectivity index (χ0n) is 8.22. The molecule has 0 aliphatic carbocycles. The number of aromatic hydroxyl groups is 1. The van der Waals surface area contributed by atoms with E-state index in [2.05, 4.69) is 15.9 Å². The molecule has 0 aliphatic heterocycles. The Hall–Kier alpha value is -1.09. The molecule has 0 spiro atoms. The van der Waals surface area contributed by atoms with Gasteiger partial charge in [0.15, 0.2) is 11.6 Å². The van der Waals surface area contributed by atoms with Crippen LogP contribution in [-0.4, -0.2) is 5.11 Å². The molecule has 15 heavy (non-hydrogen) atoms. The molecule has 0 bridgehead atoms. The summed E-state index contributed by atoms with van der Waals surface area (Å²) in [6.07, 6.45) is 0.833. The van der Waals surface area contributed by atoms with Gasteiger partial charge >= 0.3 is 0 Å². The maximum absolute atomic E-state index is 13.6. The number of hydrogen-bond donors (Lipinski definition) is 1. The highest BCUT2D eigenvalue weighted by atomic mass is 79.9. The van der Waals surface area contributed by atoms with E-state index < -0.39 is 5.82 Å². The Labute approximate surface area is 95.7 Å². The number of phenolic OH excluding ortho intramolecular Hbond substituents is 1. The molecule has 0 aliphatic rings. The molecule has 0 heterocycles. The zero-order valence-corrected chi connectivity index (χ0v) is 9.81. The van der Waals surface area contributed by atoms with E-state index in [1.165, 1.54) is 6.07 Å². The number of hydrogen-bond acceptors (Lipinski definition) is 1. The van der Waals surface area contributed by atoms with E-state index in [4.69, 9.17) is 0 Å². The van der Waals surface area contributed by atoms with E-state index in [1.54, 1.807) is 12.1 Å². The SMILES string of the molecule is CCc1cccc2c(F)c(O)cc(Br)c12. The van der Waals surface area contributed by atoms with Gasteiger partial charge in [0.1, 0.15) is 0 Å². The van der Waals surface area contributed by atoms with Gasteiger partial charge in [0, 0.05) is 15.2 Å². The highest BCUT2D eigenvalue weighted by Gasteiger charge is 2.11. The number of aryl methyl sites for hydroxylation is 1. The lowest BCUT2D eigenvalue weighted by Crippen LogP contribution is -1.88. The summed E-state index contributed by atoms with van der Waals surface area (Å²) in [4.78, 5) is 0. The first kappa shape index (κ1) is 10.4. The summed E-state index contributed by atoms with van der Waals surface area (Å²) in [5.74, 6) is -0.869. The highest BCUT2D eigenvalue weighted by Crippen LogP contribution is 2.34. The first-order chi connectivity index (χ1) is 7.15.